The molecule has 0 unspecified atom stereocenters. The molecular formula is C37H62N6O9. The number of hydrogen-bond donors (Lipinski definition) is 5. The summed E-state index contributed by atoms with van der Waals surface area (Å²) in [6, 6.07) is -4.12. The van der Waals surface area contributed by atoms with Crippen molar-refractivity contribution < 1.29 is 43.8 Å². The van der Waals surface area contributed by atoms with E-state index in [1.165, 1.54) is 18.2 Å². The first-order chi connectivity index (χ1) is 24.5. The van der Waals surface area contributed by atoms with E-state index in [0.717, 1.165) is 37.0 Å². The van der Waals surface area contributed by atoms with E-state index in [1.807, 2.05) is 13.8 Å². The Hall–Kier alpha value is -3.43. The van der Waals surface area contributed by atoms with Crippen LogP contribution in [0.3, 0.4) is 0 Å². The summed E-state index contributed by atoms with van der Waals surface area (Å²) in [6.45, 7) is 9.35. The van der Waals surface area contributed by atoms with Crippen molar-refractivity contribution in [3.63, 3.8) is 0 Å². The highest BCUT2D eigenvalue weighted by Crippen LogP contribution is 2.32. The van der Waals surface area contributed by atoms with Crippen molar-refractivity contribution in [1.82, 2.24) is 25.3 Å². The summed E-state index contributed by atoms with van der Waals surface area (Å²) in [5.74, 6) is -7.07. The second kappa shape index (κ2) is 19.6. The van der Waals surface area contributed by atoms with E-state index in [4.69, 9.17) is 5.73 Å². The number of aliphatic hydroxyl groups is 1. The van der Waals surface area contributed by atoms with Crippen molar-refractivity contribution in [2.45, 2.75) is 148 Å². The summed E-state index contributed by atoms with van der Waals surface area (Å²) >= 11 is 0. The summed E-state index contributed by atoms with van der Waals surface area (Å²) < 4.78 is 0. The molecule has 0 aromatic rings. The SMILES string of the molecule is CCCN[C@H](C(=O)N(C(=O)[C@@H](NC(=O)C[C@H](C)C1CCCCC1)C(C)C)C(=O)[C@@H]1CCCN1C(=O)[C@@](N)(CC(=O)O)C(=O)N1CCCCC1)[C@@H](C)O. The van der Waals surface area contributed by atoms with Crippen molar-refractivity contribution >= 4 is 41.4 Å². The summed E-state index contributed by atoms with van der Waals surface area (Å²) in [4.78, 5) is 99.4. The third-order valence-corrected chi connectivity index (χ3v) is 10.9. The van der Waals surface area contributed by atoms with Gasteiger partial charge in [0, 0.05) is 26.1 Å². The van der Waals surface area contributed by atoms with Crippen LogP contribution in [-0.4, -0.2) is 122 Å². The fourth-order valence-electron chi connectivity index (χ4n) is 7.81. The minimum atomic E-state index is -2.53. The molecule has 1 saturated carbocycles. The van der Waals surface area contributed by atoms with Gasteiger partial charge in [0.1, 0.15) is 18.1 Å². The van der Waals surface area contributed by atoms with Crippen LogP contribution in [0.4, 0.5) is 0 Å². The molecule has 0 aromatic carbocycles. The predicted molar refractivity (Wildman–Crippen MR) is 192 cm³/mol. The number of amides is 6. The lowest BCUT2D eigenvalue weighted by Crippen LogP contribution is -2.68. The number of carbonyl (C=O) groups is 7. The number of carboxylic acid groups (broad SMARTS) is 1. The molecule has 2 saturated heterocycles. The smallest absolute Gasteiger partial charge is 0.306 e. The van der Waals surface area contributed by atoms with Gasteiger partial charge in [-0.25, -0.2) is 4.90 Å². The van der Waals surface area contributed by atoms with Gasteiger partial charge in [0.2, 0.25) is 5.91 Å². The van der Waals surface area contributed by atoms with Crippen LogP contribution in [0.2, 0.25) is 0 Å². The first-order valence-electron chi connectivity index (χ1n) is 19.3. The molecule has 6 atom stereocenters. The Morgan fingerprint density at radius 3 is 1.98 bits per heavy atom. The zero-order valence-corrected chi connectivity index (χ0v) is 31.7. The maximum absolute atomic E-state index is 14.6. The molecule has 2 aliphatic heterocycles. The van der Waals surface area contributed by atoms with Gasteiger partial charge in [-0.3, -0.25) is 33.6 Å². The molecule has 6 amide bonds. The molecule has 0 spiro atoms. The number of carboxylic acids is 1. The third kappa shape index (κ3) is 10.6. The molecular weight excluding hydrogens is 672 g/mol. The number of aliphatic carboxylic acids is 1. The van der Waals surface area contributed by atoms with Crippen LogP contribution in [0.5, 0.6) is 0 Å². The van der Waals surface area contributed by atoms with Crippen molar-refractivity contribution in [3.8, 4) is 0 Å². The highest BCUT2D eigenvalue weighted by atomic mass is 16.4. The quantitative estimate of drug-likeness (QED) is 0.143. The van der Waals surface area contributed by atoms with Crippen LogP contribution in [0, 0.1) is 17.8 Å². The molecule has 3 rings (SSSR count). The number of piperidine rings is 1. The Morgan fingerprint density at radius 2 is 1.42 bits per heavy atom. The Labute approximate surface area is 307 Å². The molecule has 52 heavy (non-hydrogen) atoms. The second-order valence-electron chi connectivity index (χ2n) is 15.4. The first-order valence-corrected chi connectivity index (χ1v) is 19.3. The Balaban J connectivity index is 1.98. The zero-order chi connectivity index (χ0) is 38.7. The van der Waals surface area contributed by atoms with Gasteiger partial charge in [0.15, 0.2) is 5.54 Å². The number of likely N-dealkylation sites (tertiary alicyclic amines) is 2. The maximum atomic E-state index is 14.6. The summed E-state index contributed by atoms with van der Waals surface area (Å²) in [5.41, 5.74) is 3.89. The molecule has 6 N–H and O–H groups in total. The normalized spacial score (nSPS) is 21.8. The van der Waals surface area contributed by atoms with Crippen LogP contribution < -0.4 is 16.4 Å². The van der Waals surface area contributed by atoms with Crippen molar-refractivity contribution in [3.05, 3.63) is 0 Å². The summed E-state index contributed by atoms with van der Waals surface area (Å²) in [5, 5.41) is 26.1. The molecule has 0 radical (unpaired) electrons. The standard InChI is InChI=1S/C37H62N6O9/c1-6-17-39-31(25(5)44)34(50)43(33(49)30(23(2)3)40-28(45)21-24(4)26-14-9-7-10-15-26)32(48)27-16-13-20-42(27)36(52)37(38,22-29(46)47)35(51)41-18-11-8-12-19-41/h23-27,30-31,39,44H,6-22,38H2,1-5H3,(H,40,45)(H,46,47)/t24-,25+,27-,30-,31-,37+/m0/s1. The van der Waals surface area contributed by atoms with Gasteiger partial charge in [-0.05, 0) is 69.7 Å². The fourth-order valence-corrected chi connectivity index (χ4v) is 7.81. The summed E-state index contributed by atoms with van der Waals surface area (Å²) in [7, 11) is 0. The Morgan fingerprint density at radius 1 is 0.827 bits per heavy atom. The largest absolute Gasteiger partial charge is 0.481 e. The highest BCUT2D eigenvalue weighted by molar-refractivity contribution is 6.17. The van der Waals surface area contributed by atoms with Gasteiger partial charge < -0.3 is 36.4 Å². The van der Waals surface area contributed by atoms with E-state index >= 15 is 0 Å². The Bertz CT molecular complexity index is 1300. The number of rotatable bonds is 16. The molecule has 15 nitrogen and oxygen atoms in total. The lowest BCUT2D eigenvalue weighted by Gasteiger charge is -2.39. The average molecular weight is 735 g/mol. The molecule has 294 valence electrons. The number of hydrogen-bond acceptors (Lipinski definition) is 10. The zero-order valence-electron chi connectivity index (χ0n) is 31.7. The van der Waals surface area contributed by atoms with Crippen LogP contribution >= 0.6 is 0 Å². The van der Waals surface area contributed by atoms with Crippen LogP contribution in [0.25, 0.3) is 0 Å². The monoisotopic (exact) mass is 734 g/mol. The number of imide groups is 3. The first kappa shape index (κ1) is 43.0. The Kier molecular flexibility index (Phi) is 16.2. The minimum Gasteiger partial charge on any atom is -0.481 e. The molecule has 0 aromatic heterocycles. The van der Waals surface area contributed by atoms with Crippen LogP contribution in [0.1, 0.15) is 118 Å². The highest BCUT2D eigenvalue weighted by Gasteiger charge is 2.53. The number of carbonyl (C=O) groups excluding carboxylic acids is 6. The average Bonchev–Trinajstić information content (AvgIpc) is 3.60. The van der Waals surface area contributed by atoms with E-state index < -0.39 is 83.5 Å². The van der Waals surface area contributed by atoms with E-state index in [9.17, 15) is 43.8 Å². The number of aliphatic hydroxyl groups excluding tert-OH is 1. The topological polar surface area (TPSA) is 220 Å². The van der Waals surface area contributed by atoms with Crippen molar-refractivity contribution in [2.24, 2.45) is 23.5 Å². The van der Waals surface area contributed by atoms with Crippen molar-refractivity contribution in [1.29, 1.82) is 0 Å². The molecule has 3 aliphatic rings. The van der Waals surface area contributed by atoms with Gasteiger partial charge in [-0.15, -0.1) is 0 Å². The maximum Gasteiger partial charge on any atom is 0.306 e. The van der Waals surface area contributed by atoms with Crippen LogP contribution in [0.15, 0.2) is 0 Å². The molecule has 0 bridgehead atoms. The number of nitrogens with two attached hydrogens (primary N) is 1. The van der Waals surface area contributed by atoms with E-state index in [0.29, 0.717) is 43.2 Å². The van der Waals surface area contributed by atoms with E-state index in [2.05, 4.69) is 10.6 Å². The minimum absolute atomic E-state index is 0.00201. The molecule has 1 aliphatic carbocycles. The molecule has 3 fully saturated rings. The van der Waals surface area contributed by atoms with E-state index in [-0.39, 0.29) is 38.3 Å². The van der Waals surface area contributed by atoms with Gasteiger partial charge in [-0.2, -0.15) is 0 Å². The van der Waals surface area contributed by atoms with Crippen LogP contribution in [-0.2, 0) is 33.6 Å². The molecule has 15 heteroatoms. The summed E-state index contributed by atoms with van der Waals surface area (Å²) in [6.07, 6.45) is 6.26. The third-order valence-electron chi connectivity index (χ3n) is 10.9. The van der Waals surface area contributed by atoms with E-state index in [1.54, 1.807) is 13.8 Å². The fraction of sp³-hybridized carbons (Fsp3) is 0.811. The van der Waals surface area contributed by atoms with Gasteiger partial charge >= 0.3 is 5.97 Å². The van der Waals surface area contributed by atoms with Crippen molar-refractivity contribution in [2.75, 3.05) is 26.2 Å². The lowest BCUT2D eigenvalue weighted by atomic mass is 9.79. The van der Waals surface area contributed by atoms with Gasteiger partial charge in [0.25, 0.3) is 29.5 Å². The second-order valence-corrected chi connectivity index (χ2v) is 15.4. The number of nitrogens with one attached hydrogen (secondary N) is 2. The molecule has 2 heterocycles. The number of nitrogens with zero attached hydrogens (tertiary/aromatic N) is 3. The lowest BCUT2D eigenvalue weighted by molar-refractivity contribution is -0.164. The van der Waals surface area contributed by atoms with Gasteiger partial charge in [-0.1, -0.05) is 59.8 Å². The van der Waals surface area contributed by atoms with Gasteiger partial charge in [0.05, 0.1) is 12.5 Å². The predicted octanol–water partition coefficient (Wildman–Crippen LogP) is 1.54.